The average Bonchev–Trinajstić information content (AvgIpc) is 2.65. The molecular formula is C20H19NO4. The van der Waals surface area contributed by atoms with Crippen molar-refractivity contribution in [2.75, 3.05) is 18.5 Å². The van der Waals surface area contributed by atoms with Crippen molar-refractivity contribution >= 4 is 16.7 Å². The van der Waals surface area contributed by atoms with Gasteiger partial charge in [0.25, 0.3) is 0 Å². The third kappa shape index (κ3) is 3.18. The van der Waals surface area contributed by atoms with Gasteiger partial charge in [0.2, 0.25) is 0 Å². The number of fused-ring (bicyclic) bond motifs is 2. The van der Waals surface area contributed by atoms with Gasteiger partial charge in [-0.3, -0.25) is 0 Å². The highest BCUT2D eigenvalue weighted by molar-refractivity contribution is 5.81. The number of hydrogen-bond acceptors (Lipinski definition) is 5. The highest BCUT2D eigenvalue weighted by Crippen LogP contribution is 2.32. The molecule has 1 N–H and O–H groups in total. The maximum absolute atomic E-state index is 11.9. The van der Waals surface area contributed by atoms with Gasteiger partial charge in [-0.1, -0.05) is 19.1 Å². The van der Waals surface area contributed by atoms with Gasteiger partial charge in [0.05, 0.1) is 0 Å². The molecule has 0 atom stereocenters. The molecule has 0 saturated heterocycles. The third-order valence-corrected chi connectivity index (χ3v) is 4.33. The fourth-order valence-electron chi connectivity index (χ4n) is 2.99. The van der Waals surface area contributed by atoms with E-state index in [-0.39, 0.29) is 5.63 Å². The highest BCUT2D eigenvalue weighted by Gasteiger charge is 2.12. The summed E-state index contributed by atoms with van der Waals surface area (Å²) in [6.45, 7) is 3.73. The summed E-state index contributed by atoms with van der Waals surface area (Å²) in [6.07, 6.45) is 0.902. The van der Waals surface area contributed by atoms with Crippen molar-refractivity contribution in [2.24, 2.45) is 0 Å². The first kappa shape index (κ1) is 15.6. The summed E-state index contributed by atoms with van der Waals surface area (Å²) in [6, 6.07) is 13.3. The van der Waals surface area contributed by atoms with Gasteiger partial charge in [-0.2, -0.15) is 0 Å². The van der Waals surface area contributed by atoms with Crippen LogP contribution < -0.4 is 20.4 Å². The van der Waals surface area contributed by atoms with Crippen molar-refractivity contribution in [3.05, 3.63) is 64.0 Å². The monoisotopic (exact) mass is 337 g/mol. The zero-order valence-corrected chi connectivity index (χ0v) is 14.0. The summed E-state index contributed by atoms with van der Waals surface area (Å²) in [4.78, 5) is 11.9. The van der Waals surface area contributed by atoms with Crippen LogP contribution >= 0.6 is 0 Å². The number of aryl methyl sites for hydroxylation is 1. The predicted molar refractivity (Wildman–Crippen MR) is 96.6 cm³/mol. The van der Waals surface area contributed by atoms with E-state index in [2.05, 4.69) is 18.3 Å². The van der Waals surface area contributed by atoms with Crippen molar-refractivity contribution in [1.82, 2.24) is 0 Å². The van der Waals surface area contributed by atoms with Gasteiger partial charge in [0.15, 0.2) is 11.5 Å². The van der Waals surface area contributed by atoms with Gasteiger partial charge in [-0.25, -0.2) is 4.79 Å². The van der Waals surface area contributed by atoms with Crippen molar-refractivity contribution < 1.29 is 13.9 Å². The van der Waals surface area contributed by atoms with Gasteiger partial charge in [0.1, 0.15) is 18.8 Å². The number of hydrogen-bond donors (Lipinski definition) is 1. The SMILES string of the molecule is CCc1ccc2c(CNc3ccc4c(c3)OCCO4)cc(=O)oc2c1. The summed E-state index contributed by atoms with van der Waals surface area (Å²) in [5.41, 5.74) is 3.26. The lowest BCUT2D eigenvalue weighted by atomic mass is 10.1. The van der Waals surface area contributed by atoms with E-state index in [0.717, 1.165) is 40.1 Å². The van der Waals surface area contributed by atoms with Crippen LogP contribution in [-0.4, -0.2) is 13.2 Å². The topological polar surface area (TPSA) is 60.7 Å². The molecule has 4 rings (SSSR count). The van der Waals surface area contributed by atoms with Crippen molar-refractivity contribution in [1.29, 1.82) is 0 Å². The van der Waals surface area contributed by atoms with Crippen LogP contribution in [0, 0.1) is 0 Å². The lowest BCUT2D eigenvalue weighted by molar-refractivity contribution is 0.171. The number of benzene rings is 2. The Bertz CT molecular complexity index is 977. The lowest BCUT2D eigenvalue weighted by Gasteiger charge is -2.19. The fraction of sp³-hybridized carbons (Fsp3) is 0.250. The molecule has 5 heteroatoms. The van der Waals surface area contributed by atoms with Crippen LogP contribution in [0.15, 0.2) is 51.7 Å². The second-order valence-corrected chi connectivity index (χ2v) is 5.99. The van der Waals surface area contributed by atoms with Gasteiger partial charge in [-0.05, 0) is 35.7 Å². The number of anilines is 1. The van der Waals surface area contributed by atoms with E-state index in [4.69, 9.17) is 13.9 Å². The summed E-state index contributed by atoms with van der Waals surface area (Å²) in [7, 11) is 0. The summed E-state index contributed by atoms with van der Waals surface area (Å²) in [5.74, 6) is 1.50. The van der Waals surface area contributed by atoms with Gasteiger partial charge >= 0.3 is 5.63 Å². The first-order chi connectivity index (χ1) is 12.2. The van der Waals surface area contributed by atoms with Crippen LogP contribution in [0.4, 0.5) is 5.69 Å². The Morgan fingerprint density at radius 2 is 1.84 bits per heavy atom. The maximum atomic E-state index is 11.9. The molecule has 0 saturated carbocycles. The lowest BCUT2D eigenvalue weighted by Crippen LogP contribution is -2.15. The van der Waals surface area contributed by atoms with Crippen LogP contribution in [0.3, 0.4) is 0 Å². The van der Waals surface area contributed by atoms with Crippen LogP contribution in [0.1, 0.15) is 18.1 Å². The molecule has 25 heavy (non-hydrogen) atoms. The Hall–Kier alpha value is -2.95. The fourth-order valence-corrected chi connectivity index (χ4v) is 2.99. The highest BCUT2D eigenvalue weighted by atomic mass is 16.6. The minimum atomic E-state index is -0.334. The molecule has 1 aromatic heterocycles. The second kappa shape index (κ2) is 6.51. The molecule has 2 heterocycles. The van der Waals surface area contributed by atoms with Crippen molar-refractivity contribution in [3.8, 4) is 11.5 Å². The van der Waals surface area contributed by atoms with E-state index in [0.29, 0.717) is 25.3 Å². The molecule has 5 nitrogen and oxygen atoms in total. The molecule has 0 bridgehead atoms. The van der Waals surface area contributed by atoms with E-state index in [9.17, 15) is 4.79 Å². The Labute approximate surface area is 145 Å². The average molecular weight is 337 g/mol. The molecule has 0 unspecified atom stereocenters. The van der Waals surface area contributed by atoms with E-state index in [1.54, 1.807) is 6.07 Å². The van der Waals surface area contributed by atoms with Crippen LogP contribution in [0.5, 0.6) is 11.5 Å². The smallest absolute Gasteiger partial charge is 0.336 e. The van der Waals surface area contributed by atoms with E-state index in [1.807, 2.05) is 30.3 Å². The summed E-state index contributed by atoms with van der Waals surface area (Å²) < 4.78 is 16.5. The van der Waals surface area contributed by atoms with Gasteiger partial charge in [0, 0.05) is 29.8 Å². The standard InChI is InChI=1S/C20H19NO4/c1-2-13-3-5-16-14(10-20(22)25-18(16)9-13)12-21-15-4-6-17-19(11-15)24-8-7-23-17/h3-6,9-11,21H,2,7-8,12H2,1H3. The first-order valence-electron chi connectivity index (χ1n) is 8.42. The second-order valence-electron chi connectivity index (χ2n) is 5.99. The molecule has 1 aliphatic rings. The van der Waals surface area contributed by atoms with Crippen LogP contribution in [-0.2, 0) is 13.0 Å². The van der Waals surface area contributed by atoms with E-state index < -0.39 is 0 Å². The maximum Gasteiger partial charge on any atom is 0.336 e. The molecule has 128 valence electrons. The van der Waals surface area contributed by atoms with Crippen molar-refractivity contribution in [2.45, 2.75) is 19.9 Å². The van der Waals surface area contributed by atoms with Crippen molar-refractivity contribution in [3.63, 3.8) is 0 Å². The summed E-state index contributed by atoms with van der Waals surface area (Å²) in [5, 5.41) is 4.29. The zero-order valence-electron chi connectivity index (χ0n) is 14.0. The van der Waals surface area contributed by atoms with E-state index >= 15 is 0 Å². The summed E-state index contributed by atoms with van der Waals surface area (Å²) >= 11 is 0. The quantitative estimate of drug-likeness (QED) is 0.735. The largest absolute Gasteiger partial charge is 0.486 e. The Kier molecular flexibility index (Phi) is 4.06. The molecule has 0 fully saturated rings. The molecule has 0 aliphatic carbocycles. The molecular weight excluding hydrogens is 318 g/mol. The Morgan fingerprint density at radius 1 is 1.00 bits per heavy atom. The molecule has 2 aromatic carbocycles. The molecule has 1 aliphatic heterocycles. The number of ether oxygens (including phenoxy) is 2. The molecule has 0 spiro atoms. The third-order valence-electron chi connectivity index (χ3n) is 4.33. The Balaban J connectivity index is 1.61. The zero-order chi connectivity index (χ0) is 17.2. The van der Waals surface area contributed by atoms with Crippen LogP contribution in [0.2, 0.25) is 0 Å². The van der Waals surface area contributed by atoms with Gasteiger partial charge in [-0.15, -0.1) is 0 Å². The van der Waals surface area contributed by atoms with E-state index in [1.165, 1.54) is 0 Å². The molecule has 0 amide bonds. The molecule has 0 radical (unpaired) electrons. The number of nitrogens with one attached hydrogen (secondary N) is 1. The Morgan fingerprint density at radius 3 is 2.68 bits per heavy atom. The minimum absolute atomic E-state index is 0.334. The normalized spacial score (nSPS) is 13.0. The minimum Gasteiger partial charge on any atom is -0.486 e. The first-order valence-corrected chi connectivity index (χ1v) is 8.42. The number of rotatable bonds is 4. The van der Waals surface area contributed by atoms with Crippen LogP contribution in [0.25, 0.3) is 11.0 Å². The predicted octanol–water partition coefficient (Wildman–Crippen LogP) is 3.74. The molecule has 3 aromatic rings. The van der Waals surface area contributed by atoms with Gasteiger partial charge < -0.3 is 19.2 Å².